The number of anilines is 1. The number of rotatable bonds is 5. The van der Waals surface area contributed by atoms with Crippen LogP contribution in [0.5, 0.6) is 0 Å². The molecule has 1 saturated heterocycles. The highest BCUT2D eigenvalue weighted by Gasteiger charge is 2.22. The highest BCUT2D eigenvalue weighted by atomic mass is 16.2. The number of nitrogens with one attached hydrogen (secondary N) is 1. The Balaban J connectivity index is 1.67. The summed E-state index contributed by atoms with van der Waals surface area (Å²) >= 11 is 0. The fourth-order valence-electron chi connectivity index (χ4n) is 3.16. The van der Waals surface area contributed by atoms with Crippen LogP contribution in [0.15, 0.2) is 48.5 Å². The van der Waals surface area contributed by atoms with Crippen molar-refractivity contribution < 1.29 is 14.4 Å². The zero-order chi connectivity index (χ0) is 20.1. The third-order valence-electron chi connectivity index (χ3n) is 4.96. The number of hydrogen-bond acceptors (Lipinski definition) is 3. The molecular formula is C22H25N3O3. The zero-order valence-electron chi connectivity index (χ0n) is 16.2. The molecule has 0 aliphatic carbocycles. The van der Waals surface area contributed by atoms with E-state index in [2.05, 4.69) is 19.2 Å². The summed E-state index contributed by atoms with van der Waals surface area (Å²) in [4.78, 5) is 39.5. The number of nitrogens with zero attached hydrogens (tertiary/aromatic N) is 2. The molecule has 3 rings (SSSR count). The van der Waals surface area contributed by atoms with E-state index in [1.807, 2.05) is 24.3 Å². The van der Waals surface area contributed by atoms with Gasteiger partial charge < -0.3 is 15.1 Å². The van der Waals surface area contributed by atoms with Crippen molar-refractivity contribution in [2.24, 2.45) is 0 Å². The van der Waals surface area contributed by atoms with Gasteiger partial charge in [0.05, 0.1) is 0 Å². The van der Waals surface area contributed by atoms with E-state index >= 15 is 0 Å². The summed E-state index contributed by atoms with van der Waals surface area (Å²) in [5, 5.41) is 2.87. The lowest BCUT2D eigenvalue weighted by Crippen LogP contribution is -2.48. The van der Waals surface area contributed by atoms with Crippen molar-refractivity contribution in [2.75, 3.05) is 31.5 Å². The molecule has 3 amide bonds. The van der Waals surface area contributed by atoms with Gasteiger partial charge in [0.25, 0.3) is 11.8 Å². The molecule has 0 unspecified atom stereocenters. The Bertz CT molecular complexity index is 854. The molecule has 28 heavy (non-hydrogen) atoms. The second-order valence-corrected chi connectivity index (χ2v) is 7.25. The smallest absolute Gasteiger partial charge is 0.255 e. The van der Waals surface area contributed by atoms with Crippen LogP contribution in [0, 0.1) is 0 Å². The molecule has 2 aromatic carbocycles. The molecule has 0 spiro atoms. The second kappa shape index (κ2) is 8.69. The first kappa shape index (κ1) is 19.6. The van der Waals surface area contributed by atoms with Gasteiger partial charge in [0, 0.05) is 43.0 Å². The highest BCUT2D eigenvalue weighted by molar-refractivity contribution is 6.06. The summed E-state index contributed by atoms with van der Waals surface area (Å²) in [5.41, 5.74) is 2.84. The largest absolute Gasteiger partial charge is 0.342 e. The number of benzene rings is 2. The number of carbonyl (C=O) groups is 3. The van der Waals surface area contributed by atoms with Gasteiger partial charge in [-0.05, 0) is 41.8 Å². The molecule has 0 radical (unpaired) electrons. The van der Waals surface area contributed by atoms with Crippen LogP contribution in [0.25, 0.3) is 0 Å². The van der Waals surface area contributed by atoms with E-state index in [0.717, 1.165) is 12.1 Å². The van der Waals surface area contributed by atoms with Crippen molar-refractivity contribution in [2.45, 2.75) is 19.8 Å². The predicted molar refractivity (Wildman–Crippen MR) is 108 cm³/mol. The first-order valence-corrected chi connectivity index (χ1v) is 9.48. The van der Waals surface area contributed by atoms with Crippen LogP contribution in [-0.4, -0.2) is 54.2 Å². The normalized spacial score (nSPS) is 14.1. The first-order valence-electron chi connectivity index (χ1n) is 9.48. The van der Waals surface area contributed by atoms with E-state index in [0.29, 0.717) is 43.2 Å². The molecule has 2 aromatic rings. The summed E-state index contributed by atoms with van der Waals surface area (Å²) in [6.45, 7) is 6.29. The number of carbonyl (C=O) groups excluding carboxylic acids is 3. The summed E-state index contributed by atoms with van der Waals surface area (Å²) in [6, 6.07) is 14.5. The third-order valence-corrected chi connectivity index (χ3v) is 4.96. The predicted octanol–water partition coefficient (Wildman–Crippen LogP) is 2.98. The molecule has 0 bridgehead atoms. The van der Waals surface area contributed by atoms with Gasteiger partial charge in [0.15, 0.2) is 0 Å². The van der Waals surface area contributed by atoms with E-state index in [1.54, 1.807) is 34.1 Å². The maximum absolute atomic E-state index is 12.7. The van der Waals surface area contributed by atoms with E-state index in [4.69, 9.17) is 0 Å². The Morgan fingerprint density at radius 3 is 2.21 bits per heavy atom. The molecule has 146 valence electrons. The summed E-state index contributed by atoms with van der Waals surface area (Å²) in [5.74, 6) is 0.0556. The van der Waals surface area contributed by atoms with Crippen molar-refractivity contribution in [3.8, 4) is 0 Å². The third kappa shape index (κ3) is 4.57. The van der Waals surface area contributed by atoms with E-state index < -0.39 is 0 Å². The lowest BCUT2D eigenvalue weighted by molar-refractivity contribution is -0.119. The Morgan fingerprint density at radius 2 is 1.61 bits per heavy atom. The average Bonchev–Trinajstić information content (AvgIpc) is 2.73. The number of piperazine rings is 1. The molecule has 1 N–H and O–H groups in total. The van der Waals surface area contributed by atoms with Crippen LogP contribution in [0.3, 0.4) is 0 Å². The molecule has 1 fully saturated rings. The Morgan fingerprint density at radius 1 is 0.964 bits per heavy atom. The monoisotopic (exact) mass is 379 g/mol. The van der Waals surface area contributed by atoms with Crippen LogP contribution in [0.4, 0.5) is 5.69 Å². The van der Waals surface area contributed by atoms with Crippen molar-refractivity contribution >= 4 is 23.9 Å². The summed E-state index contributed by atoms with van der Waals surface area (Å²) in [6.07, 6.45) is 0.806. The maximum Gasteiger partial charge on any atom is 0.255 e. The van der Waals surface area contributed by atoms with Gasteiger partial charge >= 0.3 is 0 Å². The van der Waals surface area contributed by atoms with Crippen LogP contribution in [0.1, 0.15) is 46.0 Å². The molecular weight excluding hydrogens is 354 g/mol. The quantitative estimate of drug-likeness (QED) is 0.812. The van der Waals surface area contributed by atoms with E-state index in [-0.39, 0.29) is 11.8 Å². The second-order valence-electron chi connectivity index (χ2n) is 7.25. The fourth-order valence-corrected chi connectivity index (χ4v) is 3.16. The fraction of sp³-hybridized carbons (Fsp3) is 0.318. The minimum absolute atomic E-state index is 0.124. The van der Waals surface area contributed by atoms with Gasteiger partial charge in [-0.2, -0.15) is 0 Å². The Kier molecular flexibility index (Phi) is 6.09. The van der Waals surface area contributed by atoms with Crippen LogP contribution >= 0.6 is 0 Å². The van der Waals surface area contributed by atoms with Crippen molar-refractivity contribution in [1.82, 2.24) is 9.80 Å². The lowest BCUT2D eigenvalue weighted by Gasteiger charge is -2.32. The molecule has 6 heteroatoms. The minimum Gasteiger partial charge on any atom is -0.342 e. The minimum atomic E-state index is -0.252. The number of hydrogen-bond donors (Lipinski definition) is 1. The lowest BCUT2D eigenvalue weighted by atomic mass is 10.0. The molecule has 1 aliphatic rings. The standard InChI is InChI=1S/C22H25N3O3/c1-16(2)17-6-8-20(9-7-17)23-21(27)18-4-3-5-19(14-18)22(28)25-12-10-24(15-26)11-13-25/h3-9,14-16H,10-13H2,1-2H3,(H,23,27). The molecule has 0 saturated carbocycles. The van der Waals surface area contributed by atoms with Gasteiger partial charge in [-0.1, -0.05) is 32.0 Å². The van der Waals surface area contributed by atoms with Crippen LogP contribution < -0.4 is 5.32 Å². The Labute approximate surface area is 165 Å². The van der Waals surface area contributed by atoms with E-state index in [9.17, 15) is 14.4 Å². The van der Waals surface area contributed by atoms with Crippen molar-refractivity contribution in [3.05, 3.63) is 65.2 Å². The van der Waals surface area contributed by atoms with Gasteiger partial charge in [-0.25, -0.2) is 0 Å². The van der Waals surface area contributed by atoms with Gasteiger partial charge in [-0.15, -0.1) is 0 Å². The zero-order valence-corrected chi connectivity index (χ0v) is 16.2. The molecule has 1 heterocycles. The van der Waals surface area contributed by atoms with Gasteiger partial charge in [0.1, 0.15) is 0 Å². The average molecular weight is 379 g/mol. The molecule has 6 nitrogen and oxygen atoms in total. The molecule has 0 aromatic heterocycles. The van der Waals surface area contributed by atoms with Gasteiger partial charge in [0.2, 0.25) is 6.41 Å². The Hall–Kier alpha value is -3.15. The molecule has 0 atom stereocenters. The van der Waals surface area contributed by atoms with Crippen LogP contribution in [0.2, 0.25) is 0 Å². The van der Waals surface area contributed by atoms with Gasteiger partial charge in [-0.3, -0.25) is 14.4 Å². The van der Waals surface area contributed by atoms with Crippen LogP contribution in [-0.2, 0) is 4.79 Å². The maximum atomic E-state index is 12.7. The highest BCUT2D eigenvalue weighted by Crippen LogP contribution is 2.18. The summed E-state index contributed by atoms with van der Waals surface area (Å²) < 4.78 is 0. The molecule has 1 aliphatic heterocycles. The van der Waals surface area contributed by atoms with Crippen molar-refractivity contribution in [1.29, 1.82) is 0 Å². The topological polar surface area (TPSA) is 69.7 Å². The van der Waals surface area contributed by atoms with E-state index in [1.165, 1.54) is 5.56 Å². The number of amides is 3. The van der Waals surface area contributed by atoms with Crippen molar-refractivity contribution in [3.63, 3.8) is 0 Å². The first-order chi connectivity index (χ1) is 13.5. The SMILES string of the molecule is CC(C)c1ccc(NC(=O)c2cccc(C(=O)N3CCN(C=O)CC3)c2)cc1. The summed E-state index contributed by atoms with van der Waals surface area (Å²) in [7, 11) is 0.